The molecule has 156 valence electrons. The van der Waals surface area contributed by atoms with Crippen LogP contribution in [0.3, 0.4) is 0 Å². The lowest BCUT2D eigenvalue weighted by atomic mass is 10.2. The number of amides is 2. The number of nitrogens with one attached hydrogen (secondary N) is 2. The van der Waals surface area contributed by atoms with Crippen LogP contribution in [0.25, 0.3) is 11.7 Å². The molecular weight excluding hydrogens is 374 g/mol. The molecule has 3 rings (SSSR count). The molecule has 0 radical (unpaired) electrons. The molecule has 0 saturated heterocycles. The van der Waals surface area contributed by atoms with Gasteiger partial charge in [-0.3, -0.25) is 19.0 Å². The largest absolute Gasteiger partial charge is 0.492 e. The Morgan fingerprint density at radius 2 is 2.00 bits per heavy atom. The lowest BCUT2D eigenvalue weighted by Crippen LogP contribution is -2.36. The Morgan fingerprint density at radius 3 is 2.59 bits per heavy atom. The topological polar surface area (TPSA) is 118 Å². The molecule has 9 nitrogen and oxygen atoms in total. The van der Waals surface area contributed by atoms with Gasteiger partial charge in [-0.05, 0) is 38.7 Å². The molecule has 2 amide bonds. The van der Waals surface area contributed by atoms with Crippen LogP contribution in [0.5, 0.6) is 5.88 Å². The van der Waals surface area contributed by atoms with Crippen LogP contribution in [-0.4, -0.2) is 43.2 Å². The highest BCUT2D eigenvalue weighted by Crippen LogP contribution is 2.23. The van der Waals surface area contributed by atoms with Gasteiger partial charge in [0.05, 0.1) is 6.20 Å². The van der Waals surface area contributed by atoms with E-state index in [9.17, 15) is 19.5 Å². The minimum Gasteiger partial charge on any atom is -0.492 e. The molecule has 1 aliphatic rings. The molecule has 2 aromatic rings. The van der Waals surface area contributed by atoms with Crippen LogP contribution in [0.4, 0.5) is 0 Å². The lowest BCUT2D eigenvalue weighted by molar-refractivity contribution is -0.116. The van der Waals surface area contributed by atoms with Crippen molar-refractivity contribution in [1.29, 1.82) is 0 Å². The van der Waals surface area contributed by atoms with Gasteiger partial charge in [0.1, 0.15) is 5.65 Å². The zero-order chi connectivity index (χ0) is 21.3. The highest BCUT2D eigenvalue weighted by Gasteiger charge is 2.29. The Morgan fingerprint density at radius 1 is 1.31 bits per heavy atom. The summed E-state index contributed by atoms with van der Waals surface area (Å²) in [5, 5.41) is 20.3. The van der Waals surface area contributed by atoms with E-state index in [-0.39, 0.29) is 29.5 Å². The summed E-state index contributed by atoms with van der Waals surface area (Å²) in [6, 6.07) is 0.0397. The molecule has 3 N–H and O–H groups in total. The fourth-order valence-electron chi connectivity index (χ4n) is 3.05. The molecular formula is C20H27N5O4. The predicted octanol–water partition coefficient (Wildman–Crippen LogP) is 1.29. The van der Waals surface area contributed by atoms with Gasteiger partial charge in [-0.15, -0.1) is 0 Å². The average Bonchev–Trinajstić information content (AvgIpc) is 3.32. The second kappa shape index (κ2) is 8.10. The van der Waals surface area contributed by atoms with Crippen LogP contribution in [-0.2, 0) is 11.3 Å². The summed E-state index contributed by atoms with van der Waals surface area (Å²) in [5.74, 6) is -1.27. The van der Waals surface area contributed by atoms with Gasteiger partial charge in [-0.1, -0.05) is 13.8 Å². The Labute approximate surface area is 168 Å². The van der Waals surface area contributed by atoms with Gasteiger partial charge in [0.25, 0.3) is 11.5 Å². The van der Waals surface area contributed by atoms with Crippen LogP contribution in [0.1, 0.15) is 56.5 Å². The molecule has 0 aliphatic heterocycles. The summed E-state index contributed by atoms with van der Waals surface area (Å²) in [7, 11) is 0. The van der Waals surface area contributed by atoms with Crippen molar-refractivity contribution in [2.45, 2.75) is 59.2 Å². The number of nitrogens with zero attached hydrogens (tertiary/aromatic N) is 3. The SMILES string of the molecule is CC(C)Cn1c(=O)c(C(=O)NC2CC2)c(O)n2ncc(/C=C/C(=O)NC(C)C)c12. The molecule has 29 heavy (non-hydrogen) atoms. The first-order chi connectivity index (χ1) is 13.7. The van der Waals surface area contributed by atoms with Crippen LogP contribution in [0.2, 0.25) is 0 Å². The first kappa shape index (κ1) is 20.6. The molecule has 1 aliphatic carbocycles. The van der Waals surface area contributed by atoms with E-state index < -0.39 is 17.3 Å². The maximum absolute atomic E-state index is 13.1. The van der Waals surface area contributed by atoms with Crippen LogP contribution in [0.15, 0.2) is 17.1 Å². The van der Waals surface area contributed by atoms with Gasteiger partial charge in [0.2, 0.25) is 11.8 Å². The standard InChI is InChI=1S/C20H27N5O4/c1-11(2)10-24-18-13(5-8-15(26)22-12(3)4)9-21-25(18)20(29)16(19(24)28)17(27)23-14-6-7-14/h5,8-9,11-12,14,29H,6-7,10H2,1-4H3,(H,22,26)(H,23,27)/b8-5+. The van der Waals surface area contributed by atoms with Crippen molar-refractivity contribution in [3.63, 3.8) is 0 Å². The second-order valence-electron chi connectivity index (χ2n) is 8.09. The molecule has 0 bridgehead atoms. The first-order valence-electron chi connectivity index (χ1n) is 9.82. The zero-order valence-corrected chi connectivity index (χ0v) is 17.1. The number of carbonyl (C=O) groups excluding carboxylic acids is 2. The zero-order valence-electron chi connectivity index (χ0n) is 17.1. The summed E-state index contributed by atoms with van der Waals surface area (Å²) in [5.41, 5.74) is -0.0752. The van der Waals surface area contributed by atoms with Crippen LogP contribution < -0.4 is 16.2 Å². The number of rotatable bonds is 7. The third-order valence-corrected chi connectivity index (χ3v) is 4.44. The minimum atomic E-state index is -0.599. The molecule has 0 aromatic carbocycles. The van der Waals surface area contributed by atoms with Crippen LogP contribution >= 0.6 is 0 Å². The molecule has 0 spiro atoms. The van der Waals surface area contributed by atoms with E-state index in [1.165, 1.54) is 21.4 Å². The predicted molar refractivity (Wildman–Crippen MR) is 109 cm³/mol. The summed E-state index contributed by atoms with van der Waals surface area (Å²) in [6.45, 7) is 7.93. The number of fused-ring (bicyclic) bond motifs is 1. The van der Waals surface area contributed by atoms with Crippen molar-refractivity contribution in [3.8, 4) is 5.88 Å². The van der Waals surface area contributed by atoms with Crippen molar-refractivity contribution in [2.24, 2.45) is 5.92 Å². The molecule has 0 unspecified atom stereocenters. The molecule has 2 aromatic heterocycles. The van der Waals surface area contributed by atoms with Gasteiger partial charge < -0.3 is 15.7 Å². The molecule has 0 atom stereocenters. The van der Waals surface area contributed by atoms with Gasteiger partial charge >= 0.3 is 0 Å². The van der Waals surface area contributed by atoms with Crippen molar-refractivity contribution in [2.75, 3.05) is 0 Å². The summed E-state index contributed by atoms with van der Waals surface area (Å²) in [6.07, 6.45) is 6.08. The third-order valence-electron chi connectivity index (χ3n) is 4.44. The maximum atomic E-state index is 13.1. The van der Waals surface area contributed by atoms with Crippen molar-refractivity contribution in [1.82, 2.24) is 24.8 Å². The summed E-state index contributed by atoms with van der Waals surface area (Å²) in [4.78, 5) is 37.6. The van der Waals surface area contributed by atoms with Gasteiger partial charge in [0.15, 0.2) is 5.56 Å². The highest BCUT2D eigenvalue weighted by atomic mass is 16.3. The molecule has 9 heteroatoms. The Balaban J connectivity index is 2.12. The smallest absolute Gasteiger partial charge is 0.270 e. The molecule has 1 saturated carbocycles. The average molecular weight is 401 g/mol. The van der Waals surface area contributed by atoms with E-state index in [1.54, 1.807) is 6.08 Å². The third kappa shape index (κ3) is 4.49. The van der Waals surface area contributed by atoms with Crippen molar-refractivity contribution < 1.29 is 14.7 Å². The lowest BCUT2D eigenvalue weighted by Gasteiger charge is -2.15. The monoisotopic (exact) mass is 401 g/mol. The number of carbonyl (C=O) groups is 2. The number of hydrogen-bond acceptors (Lipinski definition) is 5. The minimum absolute atomic E-state index is 0.00763. The van der Waals surface area contributed by atoms with E-state index >= 15 is 0 Å². The van der Waals surface area contributed by atoms with E-state index in [0.29, 0.717) is 17.8 Å². The quantitative estimate of drug-likeness (QED) is 0.604. The van der Waals surface area contributed by atoms with E-state index in [2.05, 4.69) is 15.7 Å². The molecule has 1 fully saturated rings. The first-order valence-corrected chi connectivity index (χ1v) is 9.82. The van der Waals surface area contributed by atoms with E-state index in [0.717, 1.165) is 12.8 Å². The summed E-state index contributed by atoms with van der Waals surface area (Å²) < 4.78 is 2.60. The fraction of sp³-hybridized carbons (Fsp3) is 0.500. The van der Waals surface area contributed by atoms with Gasteiger partial charge in [0, 0.05) is 30.3 Å². The number of aromatic hydroxyl groups is 1. The van der Waals surface area contributed by atoms with Crippen molar-refractivity contribution >= 4 is 23.5 Å². The fourth-order valence-corrected chi connectivity index (χ4v) is 3.05. The van der Waals surface area contributed by atoms with Gasteiger partial charge in [-0.25, -0.2) is 0 Å². The second-order valence-corrected chi connectivity index (χ2v) is 8.09. The highest BCUT2D eigenvalue weighted by molar-refractivity contribution is 5.97. The van der Waals surface area contributed by atoms with E-state index in [4.69, 9.17) is 0 Å². The summed E-state index contributed by atoms with van der Waals surface area (Å²) >= 11 is 0. The number of hydrogen-bond donors (Lipinski definition) is 3. The number of aromatic nitrogens is 3. The Bertz CT molecular complexity index is 1030. The maximum Gasteiger partial charge on any atom is 0.270 e. The normalized spacial score (nSPS) is 14.3. The molecule has 2 heterocycles. The van der Waals surface area contributed by atoms with Crippen molar-refractivity contribution in [3.05, 3.63) is 33.8 Å². The van der Waals surface area contributed by atoms with E-state index in [1.807, 2.05) is 27.7 Å². The van der Waals surface area contributed by atoms with Crippen LogP contribution in [0, 0.1) is 5.92 Å². The Hall–Kier alpha value is -3.10. The Kier molecular flexibility index (Phi) is 5.76. The van der Waals surface area contributed by atoms with Gasteiger partial charge in [-0.2, -0.15) is 9.61 Å².